The summed E-state index contributed by atoms with van der Waals surface area (Å²) >= 11 is 1.20. The third-order valence-corrected chi connectivity index (χ3v) is 4.33. The van der Waals surface area contributed by atoms with Crippen LogP contribution in [0.2, 0.25) is 0 Å². The number of Topliss-reactive ketones (excluding diaryl/α,β-unsaturated/α-hetero) is 1. The predicted molar refractivity (Wildman–Crippen MR) is 80.2 cm³/mol. The van der Waals surface area contributed by atoms with Gasteiger partial charge in [-0.1, -0.05) is 6.92 Å². The van der Waals surface area contributed by atoms with Gasteiger partial charge in [-0.3, -0.25) is 9.59 Å². The number of anilines is 1. The van der Waals surface area contributed by atoms with Crippen molar-refractivity contribution in [1.82, 2.24) is 0 Å². The number of nitrogens with two attached hydrogens (primary N) is 1. The molecule has 0 saturated carbocycles. The number of thiophene rings is 1. The maximum absolute atomic E-state index is 12.1. The van der Waals surface area contributed by atoms with E-state index >= 15 is 0 Å². The summed E-state index contributed by atoms with van der Waals surface area (Å²) in [5.41, 5.74) is 5.97. The van der Waals surface area contributed by atoms with Crippen LogP contribution in [-0.4, -0.2) is 29.1 Å². The molecule has 0 radical (unpaired) electrons. The molecule has 0 aliphatic carbocycles. The Kier molecular flexibility index (Phi) is 4.04. The van der Waals surface area contributed by atoms with E-state index in [1.165, 1.54) is 25.4 Å². The van der Waals surface area contributed by atoms with Crippen LogP contribution in [0.4, 0.5) is 5.69 Å². The Bertz CT molecular complexity index is 722. The highest BCUT2D eigenvalue weighted by molar-refractivity contribution is 7.21. The third kappa shape index (κ3) is 2.78. The molecular formula is C14H15NO5S. The Morgan fingerprint density at radius 1 is 1.43 bits per heavy atom. The van der Waals surface area contributed by atoms with E-state index in [0.29, 0.717) is 15.0 Å². The number of hydrogen-bond donors (Lipinski definition) is 3. The fourth-order valence-electron chi connectivity index (χ4n) is 1.93. The topological polar surface area (TPSA) is 110 Å². The fraction of sp³-hybridized carbons (Fsp3) is 0.286. The molecule has 2 aromatic rings. The summed E-state index contributed by atoms with van der Waals surface area (Å²) in [5.74, 6) is -1.95. The number of nitrogen functional groups attached to an aromatic ring is 1. The SMILES string of the molecule is COc1cc2sc(C(=O)CC(C)C(=O)O)cc2c(N)c1O. The Hall–Kier alpha value is -2.28. The lowest BCUT2D eigenvalue weighted by Gasteiger charge is -2.06. The lowest BCUT2D eigenvalue weighted by Crippen LogP contribution is -2.13. The number of methoxy groups -OCH3 is 1. The number of phenols is 1. The highest BCUT2D eigenvalue weighted by atomic mass is 32.1. The summed E-state index contributed by atoms with van der Waals surface area (Å²) in [4.78, 5) is 23.3. The first-order valence-corrected chi connectivity index (χ1v) is 7.01. The molecule has 0 amide bonds. The number of rotatable bonds is 5. The standard InChI is InChI=1S/C14H15NO5S/c1-6(14(18)19)3-8(16)11-4-7-10(21-11)5-9(20-2)13(17)12(7)15/h4-6,17H,3,15H2,1-2H3,(H,18,19). The first-order valence-electron chi connectivity index (χ1n) is 6.20. The number of carboxylic acids is 1. The fourth-order valence-corrected chi connectivity index (χ4v) is 2.99. The summed E-state index contributed by atoms with van der Waals surface area (Å²) in [6.07, 6.45) is -0.0782. The Morgan fingerprint density at radius 3 is 2.67 bits per heavy atom. The van der Waals surface area contributed by atoms with Crippen LogP contribution in [0.5, 0.6) is 11.5 Å². The van der Waals surface area contributed by atoms with Crippen molar-refractivity contribution in [1.29, 1.82) is 0 Å². The second kappa shape index (κ2) is 5.61. The van der Waals surface area contributed by atoms with Gasteiger partial charge in [0.1, 0.15) is 0 Å². The number of carboxylic acid groups (broad SMARTS) is 1. The summed E-state index contributed by atoms with van der Waals surface area (Å²) in [7, 11) is 1.41. The van der Waals surface area contributed by atoms with E-state index in [4.69, 9.17) is 15.6 Å². The van der Waals surface area contributed by atoms with E-state index in [1.54, 1.807) is 12.1 Å². The van der Waals surface area contributed by atoms with Gasteiger partial charge in [-0.05, 0) is 6.07 Å². The van der Waals surface area contributed by atoms with Crippen molar-refractivity contribution in [2.24, 2.45) is 5.92 Å². The Balaban J connectivity index is 2.41. The second-order valence-electron chi connectivity index (χ2n) is 4.73. The number of carbonyl (C=O) groups excluding carboxylic acids is 1. The molecule has 21 heavy (non-hydrogen) atoms. The van der Waals surface area contributed by atoms with Gasteiger partial charge in [-0.25, -0.2) is 0 Å². The smallest absolute Gasteiger partial charge is 0.306 e. The highest BCUT2D eigenvalue weighted by Crippen LogP contribution is 2.42. The minimum absolute atomic E-state index is 0.0782. The zero-order valence-corrected chi connectivity index (χ0v) is 12.4. The van der Waals surface area contributed by atoms with Crippen molar-refractivity contribution in [2.45, 2.75) is 13.3 Å². The van der Waals surface area contributed by atoms with Crippen molar-refractivity contribution in [3.8, 4) is 11.5 Å². The zero-order valence-electron chi connectivity index (χ0n) is 11.5. The van der Waals surface area contributed by atoms with E-state index in [0.717, 1.165) is 0 Å². The van der Waals surface area contributed by atoms with Crippen LogP contribution in [-0.2, 0) is 4.79 Å². The van der Waals surface area contributed by atoms with Crippen molar-refractivity contribution in [3.63, 3.8) is 0 Å². The van der Waals surface area contributed by atoms with Crippen LogP contribution in [0.25, 0.3) is 10.1 Å². The largest absolute Gasteiger partial charge is 0.503 e. The number of carbonyl (C=O) groups is 2. The molecule has 0 aliphatic heterocycles. The summed E-state index contributed by atoms with van der Waals surface area (Å²) in [5, 5.41) is 19.3. The van der Waals surface area contributed by atoms with E-state index in [1.807, 2.05) is 0 Å². The van der Waals surface area contributed by atoms with Gasteiger partial charge < -0.3 is 20.7 Å². The first kappa shape index (κ1) is 15.1. The molecule has 1 aromatic heterocycles. The number of fused-ring (bicyclic) bond motifs is 1. The molecule has 0 saturated heterocycles. The molecule has 7 heteroatoms. The number of ketones is 1. The number of hydrogen-bond acceptors (Lipinski definition) is 6. The molecule has 112 valence electrons. The lowest BCUT2D eigenvalue weighted by atomic mass is 10.0. The van der Waals surface area contributed by atoms with Crippen LogP contribution in [0.1, 0.15) is 23.0 Å². The van der Waals surface area contributed by atoms with E-state index < -0.39 is 11.9 Å². The maximum atomic E-state index is 12.1. The Morgan fingerprint density at radius 2 is 2.10 bits per heavy atom. The minimum atomic E-state index is -1.01. The quantitative estimate of drug-likeness (QED) is 0.444. The van der Waals surface area contributed by atoms with Gasteiger partial charge in [0.25, 0.3) is 0 Å². The van der Waals surface area contributed by atoms with Crippen molar-refractivity contribution < 1.29 is 24.5 Å². The zero-order chi connectivity index (χ0) is 15.7. The van der Waals surface area contributed by atoms with Crippen LogP contribution >= 0.6 is 11.3 Å². The van der Waals surface area contributed by atoms with Crippen LogP contribution < -0.4 is 10.5 Å². The number of ether oxygens (including phenoxy) is 1. The molecule has 0 bridgehead atoms. The molecule has 1 heterocycles. The molecule has 2 rings (SSSR count). The van der Waals surface area contributed by atoms with Gasteiger partial charge in [0.15, 0.2) is 17.3 Å². The van der Waals surface area contributed by atoms with E-state index in [-0.39, 0.29) is 29.4 Å². The first-order chi connectivity index (χ1) is 9.85. The van der Waals surface area contributed by atoms with Crippen molar-refractivity contribution in [3.05, 3.63) is 17.0 Å². The monoisotopic (exact) mass is 309 g/mol. The number of benzene rings is 1. The molecule has 0 spiro atoms. The van der Waals surface area contributed by atoms with E-state index in [2.05, 4.69) is 0 Å². The predicted octanol–water partition coefficient (Wildman–Crippen LogP) is 2.49. The molecule has 0 aliphatic rings. The number of aromatic hydroxyl groups is 1. The average molecular weight is 309 g/mol. The normalized spacial score (nSPS) is 12.3. The van der Waals surface area contributed by atoms with Gasteiger partial charge in [-0.15, -0.1) is 11.3 Å². The van der Waals surface area contributed by atoms with Gasteiger partial charge in [-0.2, -0.15) is 0 Å². The Labute approximate surface area is 124 Å². The number of phenolic OH excluding ortho intramolecular Hbond substituents is 1. The molecule has 0 fully saturated rings. The summed E-state index contributed by atoms with van der Waals surface area (Å²) < 4.78 is 5.72. The van der Waals surface area contributed by atoms with Crippen molar-refractivity contribution in [2.75, 3.05) is 12.8 Å². The molecule has 6 nitrogen and oxygen atoms in total. The van der Waals surface area contributed by atoms with Gasteiger partial charge >= 0.3 is 5.97 Å². The van der Waals surface area contributed by atoms with E-state index in [9.17, 15) is 14.7 Å². The van der Waals surface area contributed by atoms with Gasteiger partial charge in [0.05, 0.1) is 23.6 Å². The molecule has 1 unspecified atom stereocenters. The summed E-state index contributed by atoms with van der Waals surface area (Å²) in [6, 6.07) is 3.18. The van der Waals surface area contributed by atoms with Crippen LogP contribution in [0, 0.1) is 5.92 Å². The molecule has 4 N–H and O–H groups in total. The highest BCUT2D eigenvalue weighted by Gasteiger charge is 2.20. The third-order valence-electron chi connectivity index (χ3n) is 3.21. The molecule has 1 aromatic carbocycles. The van der Waals surface area contributed by atoms with Gasteiger partial charge in [0.2, 0.25) is 0 Å². The van der Waals surface area contributed by atoms with Gasteiger partial charge in [0, 0.05) is 22.6 Å². The van der Waals surface area contributed by atoms with Crippen LogP contribution in [0.3, 0.4) is 0 Å². The average Bonchev–Trinajstić information content (AvgIpc) is 2.86. The molecule has 1 atom stereocenters. The molecular weight excluding hydrogens is 294 g/mol. The maximum Gasteiger partial charge on any atom is 0.306 e. The number of aliphatic carboxylic acids is 1. The second-order valence-corrected chi connectivity index (χ2v) is 5.81. The van der Waals surface area contributed by atoms with Crippen LogP contribution in [0.15, 0.2) is 12.1 Å². The summed E-state index contributed by atoms with van der Waals surface area (Å²) in [6.45, 7) is 1.48. The minimum Gasteiger partial charge on any atom is -0.503 e. The van der Waals surface area contributed by atoms with Crippen molar-refractivity contribution >= 4 is 38.9 Å². The lowest BCUT2D eigenvalue weighted by molar-refractivity contribution is -0.141.